The molecule has 0 spiro atoms. The maximum Gasteiger partial charge on any atom is 0.240 e. The fraction of sp³-hybridized carbons (Fsp3) is 0.632. The molecule has 2 aliphatic heterocycles. The molecule has 1 fully saturated rings. The minimum Gasteiger partial charge on any atom is -0.312 e. The summed E-state index contributed by atoms with van der Waals surface area (Å²) in [6.45, 7) is 7.38. The van der Waals surface area contributed by atoms with Gasteiger partial charge in [0.25, 0.3) is 0 Å². The number of aryl methyl sites for hydroxylation is 1. The van der Waals surface area contributed by atoms with Crippen molar-refractivity contribution in [1.29, 1.82) is 0 Å². The van der Waals surface area contributed by atoms with Crippen LogP contribution in [0.1, 0.15) is 45.1 Å². The summed E-state index contributed by atoms with van der Waals surface area (Å²) in [6, 6.07) is 5.12. The molecule has 2 aliphatic rings. The third-order valence-corrected chi connectivity index (χ3v) is 6.83. The minimum absolute atomic E-state index is 0.00137. The summed E-state index contributed by atoms with van der Waals surface area (Å²) in [5.74, 6) is -0.00137. The summed E-state index contributed by atoms with van der Waals surface area (Å²) in [5.41, 5.74) is 1.78. The quantitative estimate of drug-likeness (QED) is 0.851. The molecular formula is C19H29N3O3S. The molecule has 0 unspecified atom stereocenters. The molecule has 26 heavy (non-hydrogen) atoms. The van der Waals surface area contributed by atoms with E-state index in [9.17, 15) is 13.2 Å². The van der Waals surface area contributed by atoms with E-state index >= 15 is 0 Å². The number of nitrogens with zero attached hydrogens (tertiary/aromatic N) is 2. The van der Waals surface area contributed by atoms with E-state index in [1.807, 2.05) is 0 Å². The van der Waals surface area contributed by atoms with Crippen LogP contribution in [0, 0.1) is 0 Å². The van der Waals surface area contributed by atoms with Crippen LogP contribution in [0.4, 0.5) is 5.69 Å². The first kappa shape index (κ1) is 19.3. The molecule has 7 heteroatoms. The molecule has 0 atom stereocenters. The summed E-state index contributed by atoms with van der Waals surface area (Å²) in [5, 5.41) is 0. The number of carbonyl (C=O) groups excluding carboxylic acids is 1. The van der Waals surface area contributed by atoms with E-state index in [1.54, 1.807) is 30.0 Å². The summed E-state index contributed by atoms with van der Waals surface area (Å²) in [4.78, 5) is 16.2. The lowest BCUT2D eigenvalue weighted by atomic mass is 10.0. The van der Waals surface area contributed by atoms with E-state index in [2.05, 4.69) is 16.5 Å². The van der Waals surface area contributed by atoms with Crippen molar-refractivity contribution in [2.45, 2.75) is 56.9 Å². The molecule has 0 bridgehead atoms. The molecule has 0 radical (unpaired) electrons. The number of fused-ring (bicyclic) bond motifs is 1. The Labute approximate surface area is 156 Å². The van der Waals surface area contributed by atoms with E-state index in [-0.39, 0.29) is 11.9 Å². The van der Waals surface area contributed by atoms with Crippen molar-refractivity contribution in [2.75, 3.05) is 31.1 Å². The van der Waals surface area contributed by atoms with Crippen molar-refractivity contribution < 1.29 is 13.2 Å². The Morgan fingerprint density at radius 3 is 2.62 bits per heavy atom. The smallest absolute Gasteiger partial charge is 0.240 e. The molecule has 1 aromatic carbocycles. The summed E-state index contributed by atoms with van der Waals surface area (Å²) in [7, 11) is -3.53. The van der Waals surface area contributed by atoms with Crippen LogP contribution < -0.4 is 9.62 Å². The van der Waals surface area contributed by atoms with Crippen LogP contribution in [0.15, 0.2) is 23.1 Å². The van der Waals surface area contributed by atoms with Gasteiger partial charge in [0.15, 0.2) is 0 Å². The van der Waals surface area contributed by atoms with Gasteiger partial charge >= 0.3 is 0 Å². The highest BCUT2D eigenvalue weighted by molar-refractivity contribution is 7.89. The van der Waals surface area contributed by atoms with E-state index in [0.717, 1.165) is 63.0 Å². The SMILES string of the molecule is CCCN1CCC(NS(=O)(=O)c2ccc3c(c2)CCCN3C(C)=O)CC1. The van der Waals surface area contributed by atoms with Gasteiger partial charge in [-0.15, -0.1) is 0 Å². The second-order valence-electron chi connectivity index (χ2n) is 7.30. The second-order valence-corrected chi connectivity index (χ2v) is 9.02. The number of rotatable bonds is 5. The van der Waals surface area contributed by atoms with Gasteiger partial charge in [-0.25, -0.2) is 13.1 Å². The summed E-state index contributed by atoms with van der Waals surface area (Å²) < 4.78 is 28.5. The van der Waals surface area contributed by atoms with E-state index in [1.165, 1.54) is 0 Å². The average Bonchev–Trinajstić information content (AvgIpc) is 2.62. The maximum absolute atomic E-state index is 12.8. The first-order valence-corrected chi connectivity index (χ1v) is 11.0. The zero-order valence-corrected chi connectivity index (χ0v) is 16.5. The van der Waals surface area contributed by atoms with E-state index in [0.29, 0.717) is 11.4 Å². The van der Waals surface area contributed by atoms with Gasteiger partial charge in [0, 0.05) is 25.2 Å². The number of piperidine rings is 1. The van der Waals surface area contributed by atoms with Crippen molar-refractivity contribution in [3.8, 4) is 0 Å². The Balaban J connectivity index is 1.71. The molecule has 1 amide bonds. The third-order valence-electron chi connectivity index (χ3n) is 5.31. The van der Waals surface area contributed by atoms with Crippen LogP contribution in [0.3, 0.4) is 0 Å². The zero-order valence-electron chi connectivity index (χ0n) is 15.7. The van der Waals surface area contributed by atoms with Gasteiger partial charge in [0.05, 0.1) is 4.90 Å². The Kier molecular flexibility index (Phi) is 5.99. The second kappa shape index (κ2) is 8.06. The van der Waals surface area contributed by atoms with Crippen molar-refractivity contribution in [3.05, 3.63) is 23.8 Å². The Morgan fingerprint density at radius 1 is 1.23 bits per heavy atom. The lowest BCUT2D eigenvalue weighted by molar-refractivity contribution is -0.116. The number of sulfonamides is 1. The molecule has 144 valence electrons. The normalized spacial score (nSPS) is 19.4. The highest BCUT2D eigenvalue weighted by atomic mass is 32.2. The molecule has 1 saturated heterocycles. The molecule has 2 heterocycles. The minimum atomic E-state index is -3.53. The molecule has 0 saturated carbocycles. The first-order chi connectivity index (χ1) is 12.4. The monoisotopic (exact) mass is 379 g/mol. The van der Waals surface area contributed by atoms with Crippen molar-refractivity contribution in [3.63, 3.8) is 0 Å². The molecular weight excluding hydrogens is 350 g/mol. The standard InChI is InChI=1S/C19H29N3O3S/c1-3-10-21-12-8-17(9-13-21)20-26(24,25)18-6-7-19-16(14-18)5-4-11-22(19)15(2)23/h6-7,14,17,20H,3-5,8-13H2,1-2H3. The van der Waals surface area contributed by atoms with Gasteiger partial charge < -0.3 is 9.80 Å². The lowest BCUT2D eigenvalue weighted by Gasteiger charge is -2.32. The van der Waals surface area contributed by atoms with Crippen molar-refractivity contribution in [1.82, 2.24) is 9.62 Å². The van der Waals surface area contributed by atoms with E-state index < -0.39 is 10.0 Å². The topological polar surface area (TPSA) is 69.7 Å². The Hall–Kier alpha value is -1.44. The molecule has 6 nitrogen and oxygen atoms in total. The largest absolute Gasteiger partial charge is 0.312 e. The number of hydrogen-bond acceptors (Lipinski definition) is 4. The molecule has 1 aromatic rings. The van der Waals surface area contributed by atoms with Gasteiger partial charge in [-0.05, 0) is 75.5 Å². The number of anilines is 1. The molecule has 3 rings (SSSR count). The van der Waals surface area contributed by atoms with Gasteiger partial charge in [0.1, 0.15) is 0 Å². The van der Waals surface area contributed by atoms with E-state index in [4.69, 9.17) is 0 Å². The van der Waals surface area contributed by atoms with Crippen LogP contribution in [-0.4, -0.2) is 51.4 Å². The molecule has 0 aromatic heterocycles. The van der Waals surface area contributed by atoms with Crippen LogP contribution in [0.5, 0.6) is 0 Å². The fourth-order valence-corrected chi connectivity index (χ4v) is 5.30. The van der Waals surface area contributed by atoms with Crippen LogP contribution in [0.25, 0.3) is 0 Å². The van der Waals surface area contributed by atoms with Crippen molar-refractivity contribution >= 4 is 21.6 Å². The molecule has 0 aliphatic carbocycles. The van der Waals surface area contributed by atoms with Gasteiger partial charge in [-0.2, -0.15) is 0 Å². The van der Waals surface area contributed by atoms with Crippen molar-refractivity contribution in [2.24, 2.45) is 0 Å². The summed E-state index contributed by atoms with van der Waals surface area (Å²) in [6.07, 6.45) is 4.49. The highest BCUT2D eigenvalue weighted by Crippen LogP contribution is 2.29. The van der Waals surface area contributed by atoms with Gasteiger partial charge in [-0.3, -0.25) is 4.79 Å². The number of carbonyl (C=O) groups is 1. The number of likely N-dealkylation sites (tertiary alicyclic amines) is 1. The van der Waals surface area contributed by atoms with Crippen LogP contribution in [0.2, 0.25) is 0 Å². The predicted molar refractivity (Wildman–Crippen MR) is 103 cm³/mol. The van der Waals surface area contributed by atoms with Gasteiger partial charge in [-0.1, -0.05) is 6.92 Å². The predicted octanol–water partition coefficient (Wildman–Crippen LogP) is 2.14. The lowest BCUT2D eigenvalue weighted by Crippen LogP contribution is -2.44. The average molecular weight is 380 g/mol. The maximum atomic E-state index is 12.8. The number of hydrogen-bond donors (Lipinski definition) is 1. The number of nitrogens with one attached hydrogen (secondary N) is 1. The highest BCUT2D eigenvalue weighted by Gasteiger charge is 2.26. The summed E-state index contributed by atoms with van der Waals surface area (Å²) >= 11 is 0. The van der Waals surface area contributed by atoms with Crippen LogP contribution >= 0.6 is 0 Å². The fourth-order valence-electron chi connectivity index (χ4n) is 3.95. The molecule has 1 N–H and O–H groups in total. The first-order valence-electron chi connectivity index (χ1n) is 9.56. The van der Waals surface area contributed by atoms with Gasteiger partial charge in [0.2, 0.25) is 15.9 Å². The third kappa shape index (κ3) is 4.27. The Morgan fingerprint density at radius 2 is 1.96 bits per heavy atom. The Bertz CT molecular complexity index is 755. The zero-order chi connectivity index (χ0) is 18.7. The number of amides is 1. The van der Waals surface area contributed by atoms with Crippen LogP contribution in [-0.2, 0) is 21.2 Å². The number of benzene rings is 1.